The fourth-order valence-corrected chi connectivity index (χ4v) is 2.09. The van der Waals surface area contributed by atoms with E-state index in [1.54, 1.807) is 41.5 Å². The summed E-state index contributed by atoms with van der Waals surface area (Å²) in [6.07, 6.45) is -8.00. The van der Waals surface area contributed by atoms with Crippen LogP contribution in [0.5, 0.6) is 0 Å². The van der Waals surface area contributed by atoms with E-state index in [2.05, 4.69) is 10.1 Å². The maximum Gasteiger partial charge on any atom is 0.519 e. The first-order valence-corrected chi connectivity index (χ1v) is 9.66. The van der Waals surface area contributed by atoms with Crippen LogP contribution in [0, 0.1) is 0 Å². The number of hydrogen-bond donors (Lipinski definition) is 3. The molecule has 33 heavy (non-hydrogen) atoms. The van der Waals surface area contributed by atoms with E-state index in [9.17, 15) is 32.7 Å². The highest BCUT2D eigenvalue weighted by atomic mass is 19.4. The number of hydrogen-bond acceptors (Lipinski definition) is 8. The second kappa shape index (κ2) is 11.8. The number of aliphatic hydroxyl groups excluding tert-OH is 1. The van der Waals surface area contributed by atoms with Crippen molar-refractivity contribution in [2.45, 2.75) is 71.1 Å². The SMILES string of the molecule is CC(C)(C)OC(=O)OC(=O)OC(C)(C)C.CNC(C(=O)O)[C@H](O)c1ccc(C(F)(F)F)cc1. The van der Waals surface area contributed by atoms with Gasteiger partial charge < -0.3 is 29.7 Å². The minimum Gasteiger partial charge on any atom is -0.480 e. The fourth-order valence-electron chi connectivity index (χ4n) is 2.09. The number of rotatable bonds is 4. The van der Waals surface area contributed by atoms with Crippen LogP contribution in [-0.4, -0.2) is 52.8 Å². The van der Waals surface area contributed by atoms with E-state index in [0.717, 1.165) is 24.3 Å². The first-order valence-electron chi connectivity index (χ1n) is 9.66. The normalized spacial score (nSPS) is 13.7. The van der Waals surface area contributed by atoms with E-state index >= 15 is 0 Å². The van der Waals surface area contributed by atoms with Gasteiger partial charge in [-0.25, -0.2) is 9.59 Å². The molecule has 0 saturated heterocycles. The Morgan fingerprint density at radius 2 is 1.27 bits per heavy atom. The Labute approximate surface area is 189 Å². The smallest absolute Gasteiger partial charge is 0.480 e. The van der Waals surface area contributed by atoms with Gasteiger partial charge in [-0.2, -0.15) is 13.2 Å². The number of carboxylic acids is 1. The number of likely N-dealkylation sites (N-methyl/N-ethyl adjacent to an activating group) is 1. The van der Waals surface area contributed by atoms with Gasteiger partial charge in [-0.15, -0.1) is 0 Å². The largest absolute Gasteiger partial charge is 0.519 e. The third kappa shape index (κ3) is 12.7. The number of carbonyl (C=O) groups excluding carboxylic acids is 2. The van der Waals surface area contributed by atoms with Gasteiger partial charge in [0.1, 0.15) is 23.3 Å². The summed E-state index contributed by atoms with van der Waals surface area (Å²) >= 11 is 0. The predicted octanol–water partition coefficient (Wildman–Crippen LogP) is 4.28. The molecule has 0 aliphatic carbocycles. The molecule has 1 rings (SSSR count). The molecule has 0 aliphatic rings. The van der Waals surface area contributed by atoms with Crippen molar-refractivity contribution < 1.29 is 52.0 Å². The molecule has 0 aliphatic heterocycles. The predicted molar refractivity (Wildman–Crippen MR) is 110 cm³/mol. The Kier molecular flexibility index (Phi) is 10.8. The Hall–Kier alpha value is -2.86. The molecule has 2 atom stereocenters. The first kappa shape index (κ1) is 30.1. The van der Waals surface area contributed by atoms with Gasteiger partial charge in [-0.05, 0) is 66.3 Å². The van der Waals surface area contributed by atoms with Crippen LogP contribution in [0.4, 0.5) is 22.8 Å². The highest BCUT2D eigenvalue weighted by molar-refractivity contribution is 5.77. The molecule has 188 valence electrons. The van der Waals surface area contributed by atoms with Crippen molar-refractivity contribution in [3.63, 3.8) is 0 Å². The molecule has 0 radical (unpaired) electrons. The van der Waals surface area contributed by atoms with Crippen molar-refractivity contribution in [1.82, 2.24) is 5.32 Å². The molecule has 3 N–H and O–H groups in total. The van der Waals surface area contributed by atoms with Gasteiger partial charge in [0.05, 0.1) is 5.56 Å². The van der Waals surface area contributed by atoms with Crippen LogP contribution in [0.2, 0.25) is 0 Å². The number of halogens is 3. The number of alkyl halides is 3. The second-order valence-corrected chi connectivity index (χ2v) is 8.70. The van der Waals surface area contributed by atoms with Crippen LogP contribution >= 0.6 is 0 Å². The molecular weight excluding hydrogens is 451 g/mol. The number of carboxylic acid groups (broad SMARTS) is 1. The molecule has 0 amide bonds. The molecule has 0 spiro atoms. The molecule has 0 saturated carbocycles. The lowest BCUT2D eigenvalue weighted by Gasteiger charge is -2.20. The lowest BCUT2D eigenvalue weighted by molar-refractivity contribution is -0.142. The van der Waals surface area contributed by atoms with Gasteiger partial charge in [0, 0.05) is 0 Å². The van der Waals surface area contributed by atoms with Crippen LogP contribution in [-0.2, 0) is 25.2 Å². The van der Waals surface area contributed by atoms with Crippen LogP contribution in [0.3, 0.4) is 0 Å². The summed E-state index contributed by atoms with van der Waals surface area (Å²) in [6, 6.07) is 2.43. The monoisotopic (exact) mass is 481 g/mol. The van der Waals surface area contributed by atoms with E-state index in [4.69, 9.17) is 14.6 Å². The lowest BCUT2D eigenvalue weighted by atomic mass is 10.0. The Morgan fingerprint density at radius 1 is 0.879 bits per heavy atom. The summed E-state index contributed by atoms with van der Waals surface area (Å²) in [4.78, 5) is 32.8. The molecule has 0 heterocycles. The molecule has 9 nitrogen and oxygen atoms in total. The van der Waals surface area contributed by atoms with Crippen LogP contribution in [0.1, 0.15) is 58.8 Å². The molecular formula is C21H30F3NO8. The summed E-state index contributed by atoms with van der Waals surface area (Å²) in [5, 5.41) is 20.9. The number of benzene rings is 1. The topological polar surface area (TPSA) is 131 Å². The van der Waals surface area contributed by atoms with Crippen molar-refractivity contribution >= 4 is 18.3 Å². The van der Waals surface area contributed by atoms with Gasteiger partial charge in [-0.3, -0.25) is 4.79 Å². The van der Waals surface area contributed by atoms with Crippen LogP contribution in [0.25, 0.3) is 0 Å². The summed E-state index contributed by atoms with van der Waals surface area (Å²) in [5.41, 5.74) is -2.14. The molecule has 1 unspecified atom stereocenters. The third-order valence-corrected chi connectivity index (χ3v) is 3.42. The van der Waals surface area contributed by atoms with Crippen molar-refractivity contribution in [3.05, 3.63) is 35.4 Å². The van der Waals surface area contributed by atoms with Gasteiger partial charge in [0.2, 0.25) is 0 Å². The van der Waals surface area contributed by atoms with E-state index in [0.29, 0.717) is 0 Å². The van der Waals surface area contributed by atoms with Crippen molar-refractivity contribution in [2.75, 3.05) is 7.05 Å². The van der Waals surface area contributed by atoms with E-state index in [1.165, 1.54) is 7.05 Å². The average molecular weight is 481 g/mol. The van der Waals surface area contributed by atoms with E-state index < -0.39 is 53.4 Å². The Bertz CT molecular complexity index is 770. The molecule has 12 heteroatoms. The fraction of sp³-hybridized carbons (Fsp3) is 0.571. The zero-order chi connectivity index (χ0) is 26.2. The minimum atomic E-state index is -4.46. The van der Waals surface area contributed by atoms with Gasteiger partial charge >= 0.3 is 24.5 Å². The van der Waals surface area contributed by atoms with Crippen molar-refractivity contribution in [1.29, 1.82) is 0 Å². The zero-order valence-electron chi connectivity index (χ0n) is 19.4. The summed E-state index contributed by atoms with van der Waals surface area (Å²) < 4.78 is 50.7. The number of nitrogens with one attached hydrogen (secondary N) is 1. The first-order chi connectivity index (χ1) is 14.8. The highest BCUT2D eigenvalue weighted by Crippen LogP contribution is 2.30. The summed E-state index contributed by atoms with van der Waals surface area (Å²) in [5.74, 6) is -1.29. The Balaban J connectivity index is 0.000000633. The quantitative estimate of drug-likeness (QED) is 0.426. The Morgan fingerprint density at radius 3 is 1.55 bits per heavy atom. The minimum absolute atomic E-state index is 0.102. The number of carbonyl (C=O) groups is 3. The maximum absolute atomic E-state index is 12.3. The van der Waals surface area contributed by atoms with Crippen LogP contribution in [0.15, 0.2) is 24.3 Å². The van der Waals surface area contributed by atoms with Crippen molar-refractivity contribution in [2.24, 2.45) is 0 Å². The van der Waals surface area contributed by atoms with Gasteiger partial charge in [-0.1, -0.05) is 12.1 Å². The third-order valence-electron chi connectivity index (χ3n) is 3.42. The highest BCUT2D eigenvalue weighted by Gasteiger charge is 2.31. The second-order valence-electron chi connectivity index (χ2n) is 8.70. The average Bonchev–Trinajstić information content (AvgIpc) is 2.58. The molecule has 1 aromatic carbocycles. The molecule has 0 bridgehead atoms. The standard InChI is InChI=1S/C11H12F3NO3.C10H18O5/c1-15-8(10(17)18)9(16)6-2-4-7(5-3-6)11(12,13)14;1-9(2,3)14-7(11)13-8(12)15-10(4,5)6/h2-5,8-9,15-16H,1H3,(H,17,18);1-6H3/t8?,9-;/m1./s1. The van der Waals surface area contributed by atoms with Gasteiger partial charge in [0.25, 0.3) is 0 Å². The van der Waals surface area contributed by atoms with E-state index in [1.807, 2.05) is 0 Å². The molecule has 0 aromatic heterocycles. The van der Waals surface area contributed by atoms with Crippen molar-refractivity contribution in [3.8, 4) is 0 Å². The van der Waals surface area contributed by atoms with E-state index in [-0.39, 0.29) is 5.56 Å². The number of aliphatic carboxylic acids is 1. The number of ether oxygens (including phenoxy) is 3. The van der Waals surface area contributed by atoms with Gasteiger partial charge in [0.15, 0.2) is 0 Å². The zero-order valence-corrected chi connectivity index (χ0v) is 19.4. The maximum atomic E-state index is 12.3. The number of aliphatic hydroxyl groups is 1. The van der Waals surface area contributed by atoms with Crippen LogP contribution < -0.4 is 5.32 Å². The molecule has 0 fully saturated rings. The summed E-state index contributed by atoms with van der Waals surface area (Å²) in [6.45, 7) is 10.0. The molecule has 1 aromatic rings. The summed E-state index contributed by atoms with van der Waals surface area (Å²) in [7, 11) is 1.34. The lowest BCUT2D eigenvalue weighted by Crippen LogP contribution is -2.39.